The minimum atomic E-state index is -5.90. The van der Waals surface area contributed by atoms with Crippen LogP contribution in [0.5, 0.6) is 5.75 Å². The highest BCUT2D eigenvalue weighted by Gasteiger charge is 2.64. The number of halogens is 6. The summed E-state index contributed by atoms with van der Waals surface area (Å²) >= 11 is 0. The number of rotatable bonds is 3. The molecule has 0 bridgehead atoms. The van der Waals surface area contributed by atoms with Crippen molar-refractivity contribution in [3.8, 4) is 5.75 Å². The molecule has 9 heteroatoms. The standard InChI is InChI=1S/C10H7F6NO2/c11-8(12)9(13,10(14,15)16)4-1-2-6(18)5(3-4)7(17)19/h1-3,8,18H,(H2,17,19). The molecular weight excluding hydrogens is 280 g/mol. The van der Waals surface area contributed by atoms with Crippen LogP contribution >= 0.6 is 0 Å². The van der Waals surface area contributed by atoms with Gasteiger partial charge in [0.2, 0.25) is 0 Å². The maximum atomic E-state index is 13.6. The number of carbonyl (C=O) groups is 1. The lowest BCUT2D eigenvalue weighted by Gasteiger charge is -2.27. The first-order chi connectivity index (χ1) is 8.51. The van der Waals surface area contributed by atoms with Crippen LogP contribution in [0.3, 0.4) is 0 Å². The SMILES string of the molecule is NC(=O)c1cc(C(F)(C(F)F)C(F)(F)F)ccc1O. The molecule has 1 rings (SSSR count). The molecule has 19 heavy (non-hydrogen) atoms. The van der Waals surface area contributed by atoms with Crippen LogP contribution in [-0.4, -0.2) is 23.6 Å². The molecule has 0 aliphatic carbocycles. The summed E-state index contributed by atoms with van der Waals surface area (Å²) in [6, 6.07) is 0.941. The molecule has 3 nitrogen and oxygen atoms in total. The lowest BCUT2D eigenvalue weighted by Crippen LogP contribution is -2.44. The van der Waals surface area contributed by atoms with Gasteiger partial charge in [-0.1, -0.05) is 6.07 Å². The van der Waals surface area contributed by atoms with E-state index in [0.717, 1.165) is 0 Å². The monoisotopic (exact) mass is 287 g/mol. The predicted octanol–water partition coefficient (Wildman–Crippen LogP) is 2.48. The second-order valence-electron chi connectivity index (χ2n) is 3.61. The van der Waals surface area contributed by atoms with E-state index in [1.807, 2.05) is 0 Å². The van der Waals surface area contributed by atoms with Crippen LogP contribution < -0.4 is 5.73 Å². The molecular formula is C10H7F6NO2. The second kappa shape index (κ2) is 4.63. The number of hydrogen-bond donors (Lipinski definition) is 2. The smallest absolute Gasteiger partial charge is 0.432 e. The summed E-state index contributed by atoms with van der Waals surface area (Å²) in [6.07, 6.45) is -10.3. The van der Waals surface area contributed by atoms with Gasteiger partial charge in [-0.3, -0.25) is 4.79 Å². The van der Waals surface area contributed by atoms with Crippen molar-refractivity contribution in [1.29, 1.82) is 0 Å². The van der Waals surface area contributed by atoms with Crippen LogP contribution in [0.2, 0.25) is 0 Å². The molecule has 3 N–H and O–H groups in total. The van der Waals surface area contributed by atoms with E-state index in [4.69, 9.17) is 10.8 Å². The third-order valence-corrected chi connectivity index (χ3v) is 2.40. The topological polar surface area (TPSA) is 63.3 Å². The van der Waals surface area contributed by atoms with Gasteiger partial charge in [0, 0.05) is 5.56 Å². The highest BCUT2D eigenvalue weighted by Crippen LogP contribution is 2.47. The summed E-state index contributed by atoms with van der Waals surface area (Å²) in [4.78, 5) is 10.8. The van der Waals surface area contributed by atoms with Gasteiger partial charge in [-0.15, -0.1) is 0 Å². The fourth-order valence-electron chi connectivity index (χ4n) is 1.37. The van der Waals surface area contributed by atoms with Gasteiger partial charge in [0.1, 0.15) is 5.75 Å². The Balaban J connectivity index is 3.50. The highest BCUT2D eigenvalue weighted by molar-refractivity contribution is 5.95. The van der Waals surface area contributed by atoms with Crippen molar-refractivity contribution < 1.29 is 36.2 Å². The minimum Gasteiger partial charge on any atom is -0.507 e. The molecule has 0 aliphatic rings. The number of primary amides is 1. The molecule has 1 aromatic carbocycles. The lowest BCUT2D eigenvalue weighted by molar-refractivity contribution is -0.274. The first-order valence-electron chi connectivity index (χ1n) is 4.69. The molecule has 0 radical (unpaired) electrons. The Bertz CT molecular complexity index is 501. The summed E-state index contributed by atoms with van der Waals surface area (Å²) in [5.41, 5.74) is -2.63. The van der Waals surface area contributed by atoms with Crippen molar-refractivity contribution >= 4 is 5.91 Å². The average Bonchev–Trinajstić information content (AvgIpc) is 2.26. The second-order valence-corrected chi connectivity index (χ2v) is 3.61. The first kappa shape index (κ1) is 15.1. The molecule has 0 aromatic heterocycles. The van der Waals surface area contributed by atoms with Crippen LogP contribution in [-0.2, 0) is 5.67 Å². The molecule has 0 aliphatic heterocycles. The zero-order chi connectivity index (χ0) is 15.0. The van der Waals surface area contributed by atoms with Crippen molar-refractivity contribution in [1.82, 2.24) is 0 Å². The van der Waals surface area contributed by atoms with Crippen molar-refractivity contribution in [2.45, 2.75) is 18.3 Å². The summed E-state index contributed by atoms with van der Waals surface area (Å²) in [6.45, 7) is 0. The van der Waals surface area contributed by atoms with Gasteiger partial charge < -0.3 is 10.8 Å². The lowest BCUT2D eigenvalue weighted by atomic mass is 9.93. The molecule has 1 aromatic rings. The molecule has 0 fully saturated rings. The van der Waals surface area contributed by atoms with E-state index >= 15 is 0 Å². The maximum absolute atomic E-state index is 13.6. The Hall–Kier alpha value is -1.93. The fourth-order valence-corrected chi connectivity index (χ4v) is 1.37. The van der Waals surface area contributed by atoms with Gasteiger partial charge in [-0.05, 0) is 12.1 Å². The fraction of sp³-hybridized carbons (Fsp3) is 0.300. The number of aromatic hydroxyl groups is 1. The summed E-state index contributed by atoms with van der Waals surface area (Å²) < 4.78 is 75.8. The Kier molecular flexibility index (Phi) is 3.69. The number of alkyl halides is 6. The van der Waals surface area contributed by atoms with E-state index < -0.39 is 41.1 Å². The van der Waals surface area contributed by atoms with Gasteiger partial charge in [-0.2, -0.15) is 13.2 Å². The van der Waals surface area contributed by atoms with Crippen LogP contribution in [0.1, 0.15) is 15.9 Å². The van der Waals surface area contributed by atoms with Crippen molar-refractivity contribution in [2.24, 2.45) is 5.73 Å². The Morgan fingerprint density at radius 2 is 1.74 bits per heavy atom. The van der Waals surface area contributed by atoms with E-state index in [1.165, 1.54) is 0 Å². The summed E-state index contributed by atoms with van der Waals surface area (Å²) in [5.74, 6) is -2.21. The van der Waals surface area contributed by atoms with Crippen LogP contribution in [0.15, 0.2) is 18.2 Å². The van der Waals surface area contributed by atoms with Gasteiger partial charge in [0.25, 0.3) is 18.0 Å². The van der Waals surface area contributed by atoms with Crippen LogP contribution in [0, 0.1) is 0 Å². The first-order valence-corrected chi connectivity index (χ1v) is 4.69. The molecule has 1 unspecified atom stereocenters. The van der Waals surface area contributed by atoms with Gasteiger partial charge in [0.05, 0.1) is 5.56 Å². The number of carbonyl (C=O) groups excluding carboxylic acids is 1. The van der Waals surface area contributed by atoms with Crippen molar-refractivity contribution in [2.75, 3.05) is 0 Å². The van der Waals surface area contributed by atoms with Gasteiger partial charge in [-0.25, -0.2) is 13.2 Å². The predicted molar refractivity (Wildman–Crippen MR) is 51.5 cm³/mol. The van der Waals surface area contributed by atoms with Gasteiger partial charge in [0.15, 0.2) is 0 Å². The number of nitrogens with two attached hydrogens (primary N) is 1. The zero-order valence-corrected chi connectivity index (χ0v) is 9.01. The quantitative estimate of drug-likeness (QED) is 0.839. The molecule has 106 valence electrons. The Labute approximate surface area is 102 Å². The summed E-state index contributed by atoms with van der Waals surface area (Å²) in [7, 11) is 0. The molecule has 0 saturated carbocycles. The zero-order valence-electron chi connectivity index (χ0n) is 9.01. The van der Waals surface area contributed by atoms with Crippen molar-refractivity contribution in [3.63, 3.8) is 0 Å². The van der Waals surface area contributed by atoms with E-state index in [9.17, 15) is 31.1 Å². The third-order valence-electron chi connectivity index (χ3n) is 2.40. The summed E-state index contributed by atoms with van der Waals surface area (Å²) in [5, 5.41) is 9.12. The highest BCUT2D eigenvalue weighted by atomic mass is 19.4. The van der Waals surface area contributed by atoms with Crippen LogP contribution in [0.25, 0.3) is 0 Å². The largest absolute Gasteiger partial charge is 0.507 e. The van der Waals surface area contributed by atoms with E-state index in [0.29, 0.717) is 12.1 Å². The van der Waals surface area contributed by atoms with E-state index in [-0.39, 0.29) is 6.07 Å². The number of phenols is 1. The van der Waals surface area contributed by atoms with Gasteiger partial charge >= 0.3 is 6.18 Å². The van der Waals surface area contributed by atoms with E-state index in [1.54, 1.807) is 0 Å². The third kappa shape index (κ3) is 2.45. The number of amides is 1. The maximum Gasteiger partial charge on any atom is 0.432 e. The number of benzene rings is 1. The van der Waals surface area contributed by atoms with Crippen molar-refractivity contribution in [3.05, 3.63) is 29.3 Å². The molecule has 1 atom stereocenters. The van der Waals surface area contributed by atoms with Crippen LogP contribution in [0.4, 0.5) is 26.3 Å². The number of hydrogen-bond acceptors (Lipinski definition) is 2. The molecule has 0 saturated heterocycles. The normalized spacial score (nSPS) is 15.3. The Morgan fingerprint density at radius 3 is 2.11 bits per heavy atom. The molecule has 0 heterocycles. The molecule has 0 spiro atoms. The van der Waals surface area contributed by atoms with E-state index in [2.05, 4.69) is 0 Å². The minimum absolute atomic E-state index is 0.150. The average molecular weight is 287 g/mol. The molecule has 1 amide bonds. The Morgan fingerprint density at radius 1 is 1.21 bits per heavy atom.